The molecule has 2 N–H and O–H groups in total. The van der Waals surface area contributed by atoms with Gasteiger partial charge in [0.2, 0.25) is 12.7 Å². The molecule has 21 heavy (non-hydrogen) atoms. The summed E-state index contributed by atoms with van der Waals surface area (Å²) < 4.78 is 11.6. The van der Waals surface area contributed by atoms with Crippen LogP contribution in [-0.4, -0.2) is 25.3 Å². The van der Waals surface area contributed by atoms with E-state index in [9.17, 15) is 4.79 Å². The van der Waals surface area contributed by atoms with Crippen LogP contribution in [0.1, 0.15) is 32.3 Å². The Labute approximate surface area is 133 Å². The Balaban J connectivity index is 1.74. The van der Waals surface area contributed by atoms with Crippen LogP contribution in [0.4, 0.5) is 0 Å². The van der Waals surface area contributed by atoms with E-state index in [-0.39, 0.29) is 18.7 Å². The number of carbonyl (C=O) groups is 1. The SMILES string of the molecule is CCC(C)NC(=O)CCNCc1cc(Br)c2c(c1)OCO2. The van der Waals surface area contributed by atoms with Crippen LogP contribution in [-0.2, 0) is 11.3 Å². The van der Waals surface area contributed by atoms with Gasteiger partial charge >= 0.3 is 0 Å². The molecule has 1 atom stereocenters. The molecule has 0 aromatic heterocycles. The van der Waals surface area contributed by atoms with Crippen LogP contribution in [0.3, 0.4) is 0 Å². The van der Waals surface area contributed by atoms with Crippen molar-refractivity contribution in [2.45, 2.75) is 39.3 Å². The van der Waals surface area contributed by atoms with Crippen molar-refractivity contribution in [2.75, 3.05) is 13.3 Å². The fraction of sp³-hybridized carbons (Fsp3) is 0.533. The third kappa shape index (κ3) is 4.61. The summed E-state index contributed by atoms with van der Waals surface area (Å²) in [6.45, 7) is 5.66. The van der Waals surface area contributed by atoms with Crippen LogP contribution in [0.2, 0.25) is 0 Å². The second-order valence-corrected chi connectivity index (χ2v) is 5.97. The summed E-state index contributed by atoms with van der Waals surface area (Å²) >= 11 is 3.47. The van der Waals surface area contributed by atoms with Crippen molar-refractivity contribution in [3.05, 3.63) is 22.2 Å². The number of fused-ring (bicyclic) bond motifs is 1. The molecule has 0 fully saturated rings. The molecule has 5 nitrogen and oxygen atoms in total. The van der Waals surface area contributed by atoms with E-state index in [0.717, 1.165) is 28.0 Å². The largest absolute Gasteiger partial charge is 0.454 e. The molecule has 0 saturated heterocycles. The van der Waals surface area contributed by atoms with Crippen molar-refractivity contribution in [3.63, 3.8) is 0 Å². The third-order valence-electron chi connectivity index (χ3n) is 3.36. The zero-order chi connectivity index (χ0) is 15.2. The number of hydrogen-bond donors (Lipinski definition) is 2. The van der Waals surface area contributed by atoms with Gasteiger partial charge in [-0.25, -0.2) is 0 Å². The fourth-order valence-corrected chi connectivity index (χ4v) is 2.61. The van der Waals surface area contributed by atoms with Crippen LogP contribution >= 0.6 is 15.9 Å². The minimum absolute atomic E-state index is 0.0868. The molecule has 0 aliphatic carbocycles. The lowest BCUT2D eigenvalue weighted by atomic mass is 10.2. The summed E-state index contributed by atoms with van der Waals surface area (Å²) in [5.41, 5.74) is 1.09. The maximum Gasteiger partial charge on any atom is 0.231 e. The van der Waals surface area contributed by atoms with Crippen molar-refractivity contribution in [2.24, 2.45) is 0 Å². The minimum Gasteiger partial charge on any atom is -0.454 e. The van der Waals surface area contributed by atoms with Gasteiger partial charge in [-0.3, -0.25) is 4.79 Å². The van der Waals surface area contributed by atoms with Crippen LogP contribution in [0.15, 0.2) is 16.6 Å². The molecule has 0 radical (unpaired) electrons. The standard InChI is InChI=1S/C15H21BrN2O3/c1-3-10(2)18-14(19)4-5-17-8-11-6-12(16)15-13(7-11)20-9-21-15/h6-7,10,17H,3-5,8-9H2,1-2H3,(H,18,19). The van der Waals surface area contributed by atoms with E-state index in [1.165, 1.54) is 0 Å². The first-order valence-corrected chi connectivity index (χ1v) is 7.97. The summed E-state index contributed by atoms with van der Waals surface area (Å²) in [6, 6.07) is 4.20. The molecule has 0 spiro atoms. The Morgan fingerprint density at radius 1 is 1.43 bits per heavy atom. The molecule has 0 saturated carbocycles. The van der Waals surface area contributed by atoms with E-state index < -0.39 is 0 Å². The molecule has 1 aromatic rings. The summed E-state index contributed by atoms with van der Waals surface area (Å²) in [5, 5.41) is 6.21. The molecule has 1 aromatic carbocycles. The van der Waals surface area contributed by atoms with Crippen LogP contribution < -0.4 is 20.1 Å². The molecule has 6 heteroatoms. The second-order valence-electron chi connectivity index (χ2n) is 5.12. The monoisotopic (exact) mass is 356 g/mol. The zero-order valence-corrected chi connectivity index (χ0v) is 14.0. The maximum atomic E-state index is 11.6. The molecule has 1 heterocycles. The highest BCUT2D eigenvalue weighted by Crippen LogP contribution is 2.39. The quantitative estimate of drug-likeness (QED) is 0.737. The predicted octanol–water partition coefficient (Wildman–Crippen LogP) is 2.57. The van der Waals surface area contributed by atoms with E-state index in [1.54, 1.807) is 0 Å². The highest BCUT2D eigenvalue weighted by atomic mass is 79.9. The molecule has 116 valence electrons. The van der Waals surface area contributed by atoms with Gasteiger partial charge in [0.05, 0.1) is 4.47 Å². The summed E-state index contributed by atoms with van der Waals surface area (Å²) in [6.07, 6.45) is 1.43. The minimum atomic E-state index is 0.0868. The maximum absolute atomic E-state index is 11.6. The van der Waals surface area contributed by atoms with Crippen molar-refractivity contribution in [1.29, 1.82) is 0 Å². The molecule has 1 amide bonds. The van der Waals surface area contributed by atoms with Gasteiger partial charge in [0, 0.05) is 25.6 Å². The molecular formula is C15H21BrN2O3. The molecule has 1 unspecified atom stereocenters. The number of halogens is 1. The van der Waals surface area contributed by atoms with E-state index in [4.69, 9.17) is 9.47 Å². The Morgan fingerprint density at radius 3 is 3.00 bits per heavy atom. The van der Waals surface area contributed by atoms with Crippen LogP contribution in [0.5, 0.6) is 11.5 Å². The zero-order valence-electron chi connectivity index (χ0n) is 12.4. The third-order valence-corrected chi connectivity index (χ3v) is 3.95. The Morgan fingerprint density at radius 2 is 2.24 bits per heavy atom. The molecule has 1 aliphatic rings. The van der Waals surface area contributed by atoms with Crippen molar-refractivity contribution in [1.82, 2.24) is 10.6 Å². The average Bonchev–Trinajstić information content (AvgIpc) is 2.92. The van der Waals surface area contributed by atoms with Crippen molar-refractivity contribution < 1.29 is 14.3 Å². The predicted molar refractivity (Wildman–Crippen MR) is 84.5 cm³/mol. The van der Waals surface area contributed by atoms with Gasteiger partial charge in [-0.05, 0) is 47.0 Å². The topological polar surface area (TPSA) is 59.6 Å². The summed E-state index contributed by atoms with van der Waals surface area (Å²) in [4.78, 5) is 11.6. The van der Waals surface area contributed by atoms with Crippen molar-refractivity contribution >= 4 is 21.8 Å². The normalized spacial score (nSPS) is 14.0. The van der Waals surface area contributed by atoms with Gasteiger partial charge in [0.15, 0.2) is 11.5 Å². The summed E-state index contributed by atoms with van der Waals surface area (Å²) in [5.74, 6) is 1.60. The van der Waals surface area contributed by atoms with Gasteiger partial charge in [-0.1, -0.05) is 6.92 Å². The smallest absolute Gasteiger partial charge is 0.231 e. The van der Waals surface area contributed by atoms with E-state index in [2.05, 4.69) is 33.5 Å². The number of benzene rings is 1. The van der Waals surface area contributed by atoms with Gasteiger partial charge in [0.1, 0.15) is 0 Å². The second kappa shape index (κ2) is 7.66. The van der Waals surface area contributed by atoms with Gasteiger partial charge in [-0.15, -0.1) is 0 Å². The first kappa shape index (κ1) is 16.1. The lowest BCUT2D eigenvalue weighted by Gasteiger charge is -2.11. The number of nitrogens with one attached hydrogen (secondary N) is 2. The Bertz CT molecular complexity index is 508. The highest BCUT2D eigenvalue weighted by molar-refractivity contribution is 9.10. The first-order chi connectivity index (χ1) is 10.1. The Kier molecular flexibility index (Phi) is 5.87. The molecule has 1 aliphatic heterocycles. The number of hydrogen-bond acceptors (Lipinski definition) is 4. The van der Waals surface area contributed by atoms with Gasteiger partial charge < -0.3 is 20.1 Å². The first-order valence-electron chi connectivity index (χ1n) is 7.18. The van der Waals surface area contributed by atoms with E-state index in [0.29, 0.717) is 19.5 Å². The van der Waals surface area contributed by atoms with Gasteiger partial charge in [0.25, 0.3) is 0 Å². The Hall–Kier alpha value is -1.27. The van der Waals surface area contributed by atoms with E-state index in [1.807, 2.05) is 19.1 Å². The number of amides is 1. The van der Waals surface area contributed by atoms with Crippen LogP contribution in [0, 0.1) is 0 Å². The number of ether oxygens (including phenoxy) is 2. The van der Waals surface area contributed by atoms with Crippen LogP contribution in [0.25, 0.3) is 0 Å². The lowest BCUT2D eigenvalue weighted by molar-refractivity contribution is -0.121. The van der Waals surface area contributed by atoms with Crippen molar-refractivity contribution in [3.8, 4) is 11.5 Å². The number of carbonyl (C=O) groups excluding carboxylic acids is 1. The summed E-state index contributed by atoms with van der Waals surface area (Å²) in [7, 11) is 0. The average molecular weight is 357 g/mol. The molecule has 0 bridgehead atoms. The van der Waals surface area contributed by atoms with E-state index >= 15 is 0 Å². The fourth-order valence-electron chi connectivity index (χ4n) is 2.01. The lowest BCUT2D eigenvalue weighted by Crippen LogP contribution is -2.33. The van der Waals surface area contributed by atoms with Gasteiger partial charge in [-0.2, -0.15) is 0 Å². The highest BCUT2D eigenvalue weighted by Gasteiger charge is 2.17. The molecular weight excluding hydrogens is 336 g/mol. The molecule has 2 rings (SSSR count). The number of rotatable bonds is 7.